The molecule has 0 amide bonds. The van der Waals surface area contributed by atoms with Crippen molar-refractivity contribution in [1.29, 1.82) is 0 Å². The lowest BCUT2D eigenvalue weighted by atomic mass is 10.3. The monoisotopic (exact) mass is 303 g/mol. The highest BCUT2D eigenvalue weighted by Crippen LogP contribution is 2.29. The van der Waals surface area contributed by atoms with Crippen molar-refractivity contribution < 1.29 is 9.66 Å². The first-order valence-corrected chi connectivity index (χ1v) is 6.32. The van der Waals surface area contributed by atoms with Crippen LogP contribution in [0.3, 0.4) is 0 Å². The fraction of sp³-hybridized carbons (Fsp3) is 0.500. The predicted molar refractivity (Wildman–Crippen MR) is 72.5 cm³/mol. The van der Waals surface area contributed by atoms with Gasteiger partial charge < -0.3 is 4.74 Å². The van der Waals surface area contributed by atoms with Crippen molar-refractivity contribution in [1.82, 2.24) is 0 Å². The van der Waals surface area contributed by atoms with Gasteiger partial charge in [0.1, 0.15) is 5.75 Å². The van der Waals surface area contributed by atoms with Crippen LogP contribution in [-0.4, -0.2) is 11.0 Å². The lowest BCUT2D eigenvalue weighted by Crippen LogP contribution is -2.05. The van der Waals surface area contributed by atoms with Gasteiger partial charge in [0, 0.05) is 12.1 Å². The maximum absolute atomic E-state index is 10.4. The fourth-order valence-corrected chi connectivity index (χ4v) is 1.41. The Morgan fingerprint density at radius 3 is 2.29 bits per heavy atom. The Hall–Kier alpha value is -1.10. The SMILES string of the molecule is CC(C)Oc1ccc([N+](=O)[O-])cc1Br.CCC. The molecule has 96 valence electrons. The first kappa shape index (κ1) is 15.9. The molecule has 0 aliphatic rings. The molecule has 0 fully saturated rings. The Bertz CT molecular complexity index is 367. The summed E-state index contributed by atoms with van der Waals surface area (Å²) in [6, 6.07) is 4.43. The average molecular weight is 304 g/mol. The number of non-ortho nitro benzene ring substituents is 1. The van der Waals surface area contributed by atoms with Crippen LogP contribution in [0.4, 0.5) is 5.69 Å². The number of rotatable bonds is 3. The number of nitrogens with zero attached hydrogens (tertiary/aromatic N) is 1. The molecule has 0 N–H and O–H groups in total. The smallest absolute Gasteiger partial charge is 0.270 e. The number of nitro groups is 1. The molecule has 0 heterocycles. The van der Waals surface area contributed by atoms with Gasteiger partial charge in [-0.15, -0.1) is 0 Å². The van der Waals surface area contributed by atoms with Crippen LogP contribution in [-0.2, 0) is 0 Å². The summed E-state index contributed by atoms with van der Waals surface area (Å²) in [7, 11) is 0. The van der Waals surface area contributed by atoms with Crippen LogP contribution in [0, 0.1) is 10.1 Å². The van der Waals surface area contributed by atoms with E-state index in [4.69, 9.17) is 4.74 Å². The van der Waals surface area contributed by atoms with Crippen LogP contribution in [0.1, 0.15) is 34.1 Å². The van der Waals surface area contributed by atoms with Crippen LogP contribution >= 0.6 is 15.9 Å². The van der Waals surface area contributed by atoms with Gasteiger partial charge in [-0.25, -0.2) is 0 Å². The molecular weight excluding hydrogens is 286 g/mol. The van der Waals surface area contributed by atoms with E-state index in [1.54, 1.807) is 6.07 Å². The van der Waals surface area contributed by atoms with E-state index in [9.17, 15) is 10.1 Å². The Balaban J connectivity index is 0.000000770. The van der Waals surface area contributed by atoms with Gasteiger partial charge in [-0.1, -0.05) is 20.3 Å². The van der Waals surface area contributed by atoms with Gasteiger partial charge in [-0.05, 0) is 35.8 Å². The standard InChI is InChI=1S/C9H10BrNO3.C3H8/c1-6(2)14-9-4-3-7(11(12)13)5-8(9)10;1-3-2/h3-6H,1-2H3;3H2,1-2H3. The topological polar surface area (TPSA) is 52.4 Å². The van der Waals surface area contributed by atoms with E-state index in [0.717, 1.165) is 0 Å². The van der Waals surface area contributed by atoms with E-state index < -0.39 is 4.92 Å². The molecule has 4 nitrogen and oxygen atoms in total. The molecule has 0 bridgehead atoms. The van der Waals surface area contributed by atoms with E-state index in [1.807, 2.05) is 13.8 Å². The Kier molecular flexibility index (Phi) is 7.54. The second kappa shape index (κ2) is 8.06. The van der Waals surface area contributed by atoms with Crippen LogP contribution in [0.25, 0.3) is 0 Å². The van der Waals surface area contributed by atoms with Gasteiger partial charge in [-0.3, -0.25) is 10.1 Å². The first-order chi connectivity index (χ1) is 7.92. The average Bonchev–Trinajstić information content (AvgIpc) is 2.21. The van der Waals surface area contributed by atoms with E-state index in [0.29, 0.717) is 10.2 Å². The Labute approximate surface area is 110 Å². The molecule has 1 aromatic rings. The molecule has 0 saturated carbocycles. The molecule has 1 rings (SSSR count). The normalized spacial score (nSPS) is 9.53. The Morgan fingerprint density at radius 1 is 1.41 bits per heavy atom. The highest BCUT2D eigenvalue weighted by atomic mass is 79.9. The maximum Gasteiger partial charge on any atom is 0.270 e. The third kappa shape index (κ3) is 6.26. The minimum atomic E-state index is -0.441. The van der Waals surface area contributed by atoms with Crippen molar-refractivity contribution in [3.63, 3.8) is 0 Å². The molecule has 5 heteroatoms. The van der Waals surface area contributed by atoms with Crippen molar-refractivity contribution in [2.24, 2.45) is 0 Å². The zero-order chi connectivity index (χ0) is 13.4. The molecule has 0 aromatic heterocycles. The van der Waals surface area contributed by atoms with E-state index >= 15 is 0 Å². The van der Waals surface area contributed by atoms with Crippen molar-refractivity contribution in [2.45, 2.75) is 40.2 Å². The van der Waals surface area contributed by atoms with Gasteiger partial charge in [0.05, 0.1) is 15.5 Å². The molecule has 0 saturated heterocycles. The van der Waals surface area contributed by atoms with Crippen LogP contribution in [0.15, 0.2) is 22.7 Å². The number of hydrogen-bond donors (Lipinski definition) is 0. The van der Waals surface area contributed by atoms with Crippen molar-refractivity contribution in [2.75, 3.05) is 0 Å². The zero-order valence-corrected chi connectivity index (χ0v) is 12.2. The van der Waals surface area contributed by atoms with E-state index in [-0.39, 0.29) is 11.8 Å². The third-order valence-electron chi connectivity index (χ3n) is 1.49. The highest BCUT2D eigenvalue weighted by molar-refractivity contribution is 9.10. The predicted octanol–water partition coefficient (Wildman–Crippen LogP) is 4.56. The van der Waals surface area contributed by atoms with E-state index in [2.05, 4.69) is 29.8 Å². The summed E-state index contributed by atoms with van der Waals surface area (Å²) in [5, 5.41) is 10.4. The van der Waals surface area contributed by atoms with E-state index in [1.165, 1.54) is 18.6 Å². The summed E-state index contributed by atoms with van der Waals surface area (Å²) in [4.78, 5) is 9.99. The number of benzene rings is 1. The van der Waals surface area contributed by atoms with Crippen LogP contribution in [0.5, 0.6) is 5.75 Å². The minimum Gasteiger partial charge on any atom is -0.490 e. The fourth-order valence-electron chi connectivity index (χ4n) is 0.953. The molecule has 0 aliphatic carbocycles. The van der Waals surface area contributed by atoms with Gasteiger partial charge in [0.2, 0.25) is 0 Å². The first-order valence-electron chi connectivity index (χ1n) is 5.52. The second-order valence-corrected chi connectivity index (χ2v) is 4.60. The molecular formula is C12H18BrNO3. The largest absolute Gasteiger partial charge is 0.490 e. The molecule has 0 radical (unpaired) electrons. The van der Waals surface area contributed by atoms with Crippen molar-refractivity contribution in [3.05, 3.63) is 32.8 Å². The zero-order valence-electron chi connectivity index (χ0n) is 10.6. The lowest BCUT2D eigenvalue weighted by molar-refractivity contribution is -0.385. The summed E-state index contributed by atoms with van der Waals surface area (Å²) in [6.45, 7) is 8.04. The van der Waals surface area contributed by atoms with Crippen LogP contribution < -0.4 is 4.74 Å². The van der Waals surface area contributed by atoms with Crippen LogP contribution in [0.2, 0.25) is 0 Å². The molecule has 1 aromatic carbocycles. The Morgan fingerprint density at radius 2 is 1.94 bits per heavy atom. The number of ether oxygens (including phenoxy) is 1. The lowest BCUT2D eigenvalue weighted by Gasteiger charge is -2.10. The van der Waals surface area contributed by atoms with Crippen molar-refractivity contribution >= 4 is 21.6 Å². The molecule has 0 atom stereocenters. The molecule has 0 spiro atoms. The molecule has 0 unspecified atom stereocenters. The maximum atomic E-state index is 10.4. The number of halogens is 1. The number of nitro benzene ring substituents is 1. The summed E-state index contributed by atoms with van der Waals surface area (Å²) in [5.41, 5.74) is 0.0491. The summed E-state index contributed by atoms with van der Waals surface area (Å²) < 4.78 is 6.01. The number of hydrogen-bond acceptors (Lipinski definition) is 3. The molecule has 17 heavy (non-hydrogen) atoms. The third-order valence-corrected chi connectivity index (χ3v) is 2.11. The highest BCUT2D eigenvalue weighted by Gasteiger charge is 2.10. The summed E-state index contributed by atoms with van der Waals surface area (Å²) in [5.74, 6) is 0.616. The summed E-state index contributed by atoms with van der Waals surface area (Å²) in [6.07, 6.45) is 1.30. The molecule has 0 aliphatic heterocycles. The van der Waals surface area contributed by atoms with Gasteiger partial charge in [0.15, 0.2) is 0 Å². The quantitative estimate of drug-likeness (QED) is 0.607. The summed E-state index contributed by atoms with van der Waals surface area (Å²) >= 11 is 3.21. The van der Waals surface area contributed by atoms with Crippen molar-refractivity contribution in [3.8, 4) is 5.75 Å². The van der Waals surface area contributed by atoms with Gasteiger partial charge in [-0.2, -0.15) is 0 Å². The van der Waals surface area contributed by atoms with Gasteiger partial charge in [0.25, 0.3) is 5.69 Å². The minimum absolute atomic E-state index is 0.0488. The van der Waals surface area contributed by atoms with Gasteiger partial charge >= 0.3 is 0 Å². The second-order valence-electron chi connectivity index (χ2n) is 3.75.